The minimum atomic E-state index is -0.0892. The number of anilines is 1. The van der Waals surface area contributed by atoms with Crippen LogP contribution in [0.5, 0.6) is 5.75 Å². The number of nitrogens with zero attached hydrogens (tertiary/aromatic N) is 2. The molecule has 130 valence electrons. The number of aryl methyl sites for hydroxylation is 1. The lowest BCUT2D eigenvalue weighted by molar-refractivity contribution is -0.125. The van der Waals surface area contributed by atoms with Crippen LogP contribution in [0.3, 0.4) is 0 Å². The predicted molar refractivity (Wildman–Crippen MR) is 91.4 cm³/mol. The molecule has 0 saturated carbocycles. The van der Waals surface area contributed by atoms with Gasteiger partial charge in [0.1, 0.15) is 5.75 Å². The van der Waals surface area contributed by atoms with Crippen LogP contribution in [-0.2, 0) is 22.4 Å². The number of ether oxygens (including phenoxy) is 1. The fraction of sp³-hybridized carbons (Fsp3) is 0.389. The van der Waals surface area contributed by atoms with Crippen molar-refractivity contribution in [3.8, 4) is 5.75 Å². The molecule has 2 N–H and O–H groups in total. The number of fused-ring (bicyclic) bond motifs is 2. The SMILES string of the molecule is O=C(NCCN1C(=O)COc2ccccc21)C1CCc2[nH]ncc2C1. The fourth-order valence-electron chi connectivity index (χ4n) is 3.47. The second-order valence-corrected chi connectivity index (χ2v) is 6.41. The van der Waals surface area contributed by atoms with Crippen molar-refractivity contribution >= 4 is 17.5 Å². The molecule has 1 atom stereocenters. The van der Waals surface area contributed by atoms with Gasteiger partial charge in [-0.3, -0.25) is 14.7 Å². The summed E-state index contributed by atoms with van der Waals surface area (Å²) in [4.78, 5) is 26.2. The molecular weight excluding hydrogens is 320 g/mol. The Balaban J connectivity index is 1.34. The first-order valence-corrected chi connectivity index (χ1v) is 8.53. The van der Waals surface area contributed by atoms with Crippen molar-refractivity contribution in [3.63, 3.8) is 0 Å². The Morgan fingerprint density at radius 3 is 3.20 bits per heavy atom. The van der Waals surface area contributed by atoms with Gasteiger partial charge < -0.3 is 15.0 Å². The summed E-state index contributed by atoms with van der Waals surface area (Å²) in [5, 5.41) is 9.99. The molecule has 1 aliphatic carbocycles. The third kappa shape index (κ3) is 3.09. The summed E-state index contributed by atoms with van der Waals surface area (Å²) in [5.41, 5.74) is 3.02. The minimum Gasteiger partial charge on any atom is -0.482 e. The molecule has 25 heavy (non-hydrogen) atoms. The van der Waals surface area contributed by atoms with E-state index in [-0.39, 0.29) is 24.3 Å². The predicted octanol–water partition coefficient (Wildman–Crippen LogP) is 1.06. The second-order valence-electron chi connectivity index (χ2n) is 6.41. The second kappa shape index (κ2) is 6.58. The first-order chi connectivity index (χ1) is 12.2. The van der Waals surface area contributed by atoms with Gasteiger partial charge in [0.15, 0.2) is 6.61 Å². The maximum absolute atomic E-state index is 12.4. The lowest BCUT2D eigenvalue weighted by atomic mass is 9.87. The molecule has 1 aromatic heterocycles. The van der Waals surface area contributed by atoms with Crippen LogP contribution in [-0.4, -0.2) is 41.7 Å². The Morgan fingerprint density at radius 2 is 2.28 bits per heavy atom. The molecule has 0 radical (unpaired) electrons. The highest BCUT2D eigenvalue weighted by molar-refractivity contribution is 5.97. The van der Waals surface area contributed by atoms with E-state index in [0.29, 0.717) is 18.8 Å². The summed E-state index contributed by atoms with van der Waals surface area (Å²) in [7, 11) is 0. The van der Waals surface area contributed by atoms with Crippen molar-refractivity contribution < 1.29 is 14.3 Å². The average Bonchev–Trinajstić information content (AvgIpc) is 3.11. The molecule has 7 heteroatoms. The molecule has 0 fully saturated rings. The first-order valence-electron chi connectivity index (χ1n) is 8.53. The molecular formula is C18H20N4O3. The molecule has 2 heterocycles. The van der Waals surface area contributed by atoms with Gasteiger partial charge >= 0.3 is 0 Å². The summed E-state index contributed by atoms with van der Waals surface area (Å²) >= 11 is 0. The number of nitrogens with one attached hydrogen (secondary N) is 2. The van der Waals surface area contributed by atoms with E-state index in [2.05, 4.69) is 15.5 Å². The van der Waals surface area contributed by atoms with Gasteiger partial charge in [-0.15, -0.1) is 0 Å². The van der Waals surface area contributed by atoms with E-state index in [1.165, 1.54) is 0 Å². The molecule has 0 spiro atoms. The molecule has 1 aliphatic heterocycles. The lowest BCUT2D eigenvalue weighted by Gasteiger charge is -2.29. The average molecular weight is 340 g/mol. The van der Waals surface area contributed by atoms with E-state index in [0.717, 1.165) is 36.2 Å². The first kappa shape index (κ1) is 15.7. The number of aromatic amines is 1. The number of benzene rings is 1. The van der Waals surface area contributed by atoms with Crippen molar-refractivity contribution in [2.75, 3.05) is 24.6 Å². The molecule has 4 rings (SSSR count). The molecule has 2 aliphatic rings. The van der Waals surface area contributed by atoms with Crippen molar-refractivity contribution in [3.05, 3.63) is 41.7 Å². The van der Waals surface area contributed by atoms with Crippen LogP contribution in [0.15, 0.2) is 30.5 Å². The smallest absolute Gasteiger partial charge is 0.265 e. The Morgan fingerprint density at radius 1 is 1.40 bits per heavy atom. The Kier molecular flexibility index (Phi) is 4.13. The van der Waals surface area contributed by atoms with Crippen LogP contribution in [0, 0.1) is 5.92 Å². The quantitative estimate of drug-likeness (QED) is 0.871. The highest BCUT2D eigenvalue weighted by Gasteiger charge is 2.27. The van der Waals surface area contributed by atoms with Crippen molar-refractivity contribution in [1.82, 2.24) is 15.5 Å². The van der Waals surface area contributed by atoms with E-state index in [9.17, 15) is 9.59 Å². The number of hydrogen-bond acceptors (Lipinski definition) is 4. The number of para-hydroxylation sites is 2. The highest BCUT2D eigenvalue weighted by atomic mass is 16.5. The van der Waals surface area contributed by atoms with Crippen LogP contribution in [0.25, 0.3) is 0 Å². The number of hydrogen-bond donors (Lipinski definition) is 2. The van der Waals surface area contributed by atoms with Crippen molar-refractivity contribution in [1.29, 1.82) is 0 Å². The van der Waals surface area contributed by atoms with Crippen molar-refractivity contribution in [2.45, 2.75) is 19.3 Å². The Bertz CT molecular complexity index is 801. The van der Waals surface area contributed by atoms with Gasteiger partial charge in [-0.25, -0.2) is 0 Å². The Labute approximate surface area is 145 Å². The van der Waals surface area contributed by atoms with Gasteiger partial charge in [-0.1, -0.05) is 12.1 Å². The number of carbonyl (C=O) groups excluding carboxylic acids is 2. The number of rotatable bonds is 4. The van der Waals surface area contributed by atoms with E-state index in [1.54, 1.807) is 11.1 Å². The molecule has 2 aromatic rings. The van der Waals surface area contributed by atoms with E-state index >= 15 is 0 Å². The fourth-order valence-corrected chi connectivity index (χ4v) is 3.47. The van der Waals surface area contributed by atoms with E-state index in [4.69, 9.17) is 4.74 Å². The Hall–Kier alpha value is -2.83. The summed E-state index contributed by atoms with van der Waals surface area (Å²) < 4.78 is 5.43. The highest BCUT2D eigenvalue weighted by Crippen LogP contribution is 2.31. The maximum atomic E-state index is 12.4. The zero-order valence-electron chi connectivity index (χ0n) is 13.8. The molecule has 1 aromatic carbocycles. The number of H-pyrrole nitrogens is 1. The van der Waals surface area contributed by atoms with Gasteiger partial charge in [-0.05, 0) is 37.0 Å². The third-order valence-corrected chi connectivity index (χ3v) is 4.83. The van der Waals surface area contributed by atoms with Crippen LogP contribution in [0.4, 0.5) is 5.69 Å². The van der Waals surface area contributed by atoms with Crippen LogP contribution < -0.4 is 15.0 Å². The number of aromatic nitrogens is 2. The summed E-state index contributed by atoms with van der Waals surface area (Å²) in [6, 6.07) is 7.45. The molecule has 7 nitrogen and oxygen atoms in total. The van der Waals surface area contributed by atoms with Gasteiger partial charge in [-0.2, -0.15) is 5.10 Å². The van der Waals surface area contributed by atoms with E-state index < -0.39 is 0 Å². The number of carbonyl (C=O) groups is 2. The number of amides is 2. The molecule has 2 amide bonds. The monoisotopic (exact) mass is 340 g/mol. The standard InChI is InChI=1S/C18H20N4O3/c23-17-11-25-16-4-2-1-3-15(16)22(17)8-7-19-18(24)12-5-6-14-13(9-12)10-20-21-14/h1-4,10,12H,5-9,11H2,(H,19,24)(H,20,21). The van der Waals surface area contributed by atoms with Crippen LogP contribution >= 0.6 is 0 Å². The van der Waals surface area contributed by atoms with Crippen LogP contribution in [0.2, 0.25) is 0 Å². The minimum absolute atomic E-state index is 0.0298. The normalized spacial score (nSPS) is 19.0. The zero-order valence-corrected chi connectivity index (χ0v) is 13.8. The van der Waals surface area contributed by atoms with E-state index in [1.807, 2.05) is 24.3 Å². The third-order valence-electron chi connectivity index (χ3n) is 4.83. The summed E-state index contributed by atoms with van der Waals surface area (Å²) in [6.07, 6.45) is 4.19. The summed E-state index contributed by atoms with van der Waals surface area (Å²) in [5.74, 6) is 0.625. The van der Waals surface area contributed by atoms with Gasteiger partial charge in [0, 0.05) is 24.7 Å². The zero-order chi connectivity index (χ0) is 17.2. The summed E-state index contributed by atoms with van der Waals surface area (Å²) in [6.45, 7) is 0.902. The molecule has 0 bridgehead atoms. The molecule has 0 saturated heterocycles. The largest absolute Gasteiger partial charge is 0.482 e. The topological polar surface area (TPSA) is 87.3 Å². The molecule has 1 unspecified atom stereocenters. The van der Waals surface area contributed by atoms with Gasteiger partial charge in [0.2, 0.25) is 5.91 Å². The van der Waals surface area contributed by atoms with Gasteiger partial charge in [0.05, 0.1) is 11.9 Å². The maximum Gasteiger partial charge on any atom is 0.265 e. The van der Waals surface area contributed by atoms with Gasteiger partial charge in [0.25, 0.3) is 5.91 Å². The van der Waals surface area contributed by atoms with Crippen LogP contribution in [0.1, 0.15) is 17.7 Å². The van der Waals surface area contributed by atoms with Crippen molar-refractivity contribution in [2.24, 2.45) is 5.92 Å². The lowest BCUT2D eigenvalue weighted by Crippen LogP contribution is -2.44.